The van der Waals surface area contributed by atoms with Gasteiger partial charge in [-0.2, -0.15) is 0 Å². The van der Waals surface area contributed by atoms with E-state index in [1.54, 1.807) is 0 Å². The molecule has 2 heteroatoms. The first-order valence-corrected chi connectivity index (χ1v) is 7.52. The Balaban J connectivity index is 2.21. The molecular weight excluding hydrogens is 208 g/mol. The van der Waals surface area contributed by atoms with E-state index in [2.05, 4.69) is 38.0 Å². The van der Waals surface area contributed by atoms with Crippen molar-refractivity contribution in [1.82, 2.24) is 10.2 Å². The molecule has 0 spiro atoms. The maximum absolute atomic E-state index is 3.41. The van der Waals surface area contributed by atoms with Gasteiger partial charge in [0.25, 0.3) is 0 Å². The van der Waals surface area contributed by atoms with Crippen molar-refractivity contribution >= 4 is 0 Å². The number of likely N-dealkylation sites (tertiary alicyclic amines) is 1. The fourth-order valence-corrected chi connectivity index (χ4v) is 2.86. The molecule has 1 aliphatic heterocycles. The second kappa shape index (κ2) is 7.38. The Morgan fingerprint density at radius 1 is 1.18 bits per heavy atom. The molecule has 0 aliphatic carbocycles. The molecule has 1 rings (SSSR count). The minimum atomic E-state index is 0.401. The van der Waals surface area contributed by atoms with Gasteiger partial charge >= 0.3 is 0 Å². The van der Waals surface area contributed by atoms with Gasteiger partial charge in [0, 0.05) is 24.7 Å². The predicted molar refractivity (Wildman–Crippen MR) is 76.5 cm³/mol. The van der Waals surface area contributed by atoms with Crippen molar-refractivity contribution in [2.24, 2.45) is 0 Å². The maximum Gasteiger partial charge on any atom is 0.0204 e. The summed E-state index contributed by atoms with van der Waals surface area (Å²) in [5.41, 5.74) is 0.401. The molecule has 0 saturated carbocycles. The Morgan fingerprint density at radius 2 is 1.88 bits per heavy atom. The van der Waals surface area contributed by atoms with E-state index in [0.29, 0.717) is 5.54 Å². The highest BCUT2D eigenvalue weighted by Gasteiger charge is 2.32. The minimum absolute atomic E-state index is 0.401. The number of nitrogens with one attached hydrogen (secondary N) is 1. The Morgan fingerprint density at radius 3 is 2.47 bits per heavy atom. The number of hydrogen-bond acceptors (Lipinski definition) is 2. The molecule has 1 unspecified atom stereocenters. The summed E-state index contributed by atoms with van der Waals surface area (Å²) in [4.78, 5) is 2.67. The summed E-state index contributed by atoms with van der Waals surface area (Å²) in [6.45, 7) is 9.63. The molecular formula is C15H32N2. The van der Waals surface area contributed by atoms with Crippen LogP contribution in [-0.4, -0.2) is 36.6 Å². The van der Waals surface area contributed by atoms with Gasteiger partial charge in [-0.3, -0.25) is 4.90 Å². The van der Waals surface area contributed by atoms with Crippen molar-refractivity contribution in [3.05, 3.63) is 0 Å². The highest BCUT2D eigenvalue weighted by atomic mass is 15.2. The number of nitrogens with zero attached hydrogens (tertiary/aromatic N) is 1. The third-order valence-corrected chi connectivity index (χ3v) is 4.34. The second-order valence-corrected chi connectivity index (χ2v) is 6.20. The van der Waals surface area contributed by atoms with Gasteiger partial charge in [-0.1, -0.05) is 39.0 Å². The third-order valence-electron chi connectivity index (χ3n) is 4.34. The van der Waals surface area contributed by atoms with E-state index in [1.807, 2.05) is 0 Å². The molecule has 1 atom stereocenters. The zero-order valence-electron chi connectivity index (χ0n) is 12.4. The lowest BCUT2D eigenvalue weighted by atomic mass is 9.94. The van der Waals surface area contributed by atoms with Crippen LogP contribution < -0.4 is 5.32 Å². The lowest BCUT2D eigenvalue weighted by molar-refractivity contribution is 0.137. The van der Waals surface area contributed by atoms with Crippen LogP contribution in [-0.2, 0) is 0 Å². The molecule has 1 heterocycles. The minimum Gasteiger partial charge on any atom is -0.316 e. The van der Waals surface area contributed by atoms with Crippen LogP contribution in [0.3, 0.4) is 0 Å². The van der Waals surface area contributed by atoms with Crippen LogP contribution in [0, 0.1) is 0 Å². The van der Waals surface area contributed by atoms with E-state index >= 15 is 0 Å². The van der Waals surface area contributed by atoms with E-state index in [4.69, 9.17) is 0 Å². The number of rotatable bonds is 8. The molecule has 17 heavy (non-hydrogen) atoms. The third kappa shape index (κ3) is 4.97. The van der Waals surface area contributed by atoms with Gasteiger partial charge < -0.3 is 5.32 Å². The lowest BCUT2D eigenvalue weighted by Crippen LogP contribution is -2.43. The van der Waals surface area contributed by atoms with Crippen LogP contribution in [0.5, 0.6) is 0 Å². The first-order valence-electron chi connectivity index (χ1n) is 7.52. The van der Waals surface area contributed by atoms with Crippen molar-refractivity contribution in [3.8, 4) is 0 Å². The smallest absolute Gasteiger partial charge is 0.0204 e. The SMILES string of the molecule is CCCCCCCC(C)(C)N1CCC(NC)C1. The summed E-state index contributed by atoms with van der Waals surface area (Å²) in [5, 5.41) is 3.41. The largest absolute Gasteiger partial charge is 0.316 e. The zero-order valence-corrected chi connectivity index (χ0v) is 12.4. The highest BCUT2D eigenvalue weighted by Crippen LogP contribution is 2.26. The molecule has 2 nitrogen and oxygen atoms in total. The monoisotopic (exact) mass is 240 g/mol. The lowest BCUT2D eigenvalue weighted by Gasteiger charge is -2.36. The summed E-state index contributed by atoms with van der Waals surface area (Å²) in [6.07, 6.45) is 9.66. The molecule has 1 N–H and O–H groups in total. The van der Waals surface area contributed by atoms with Gasteiger partial charge in [0.1, 0.15) is 0 Å². The average Bonchev–Trinajstić information content (AvgIpc) is 2.78. The van der Waals surface area contributed by atoms with E-state index in [1.165, 1.54) is 58.0 Å². The number of unbranched alkanes of at least 4 members (excludes halogenated alkanes) is 4. The van der Waals surface area contributed by atoms with Gasteiger partial charge in [-0.15, -0.1) is 0 Å². The van der Waals surface area contributed by atoms with Gasteiger partial charge in [0.2, 0.25) is 0 Å². The van der Waals surface area contributed by atoms with E-state index in [9.17, 15) is 0 Å². The van der Waals surface area contributed by atoms with Gasteiger partial charge in [-0.25, -0.2) is 0 Å². The first-order chi connectivity index (χ1) is 8.10. The van der Waals surface area contributed by atoms with Crippen LogP contribution in [0.1, 0.15) is 65.7 Å². The van der Waals surface area contributed by atoms with Crippen LogP contribution in [0.2, 0.25) is 0 Å². The summed E-state index contributed by atoms with van der Waals surface area (Å²) in [5.74, 6) is 0. The molecule has 102 valence electrons. The number of likely N-dealkylation sites (N-methyl/N-ethyl adjacent to an activating group) is 1. The van der Waals surface area contributed by atoms with Crippen molar-refractivity contribution in [1.29, 1.82) is 0 Å². The normalized spacial score (nSPS) is 22.2. The molecule has 0 aromatic rings. The Bertz CT molecular complexity index is 201. The standard InChI is InChI=1S/C15H32N2/c1-5-6-7-8-9-11-15(2,3)17-12-10-14(13-17)16-4/h14,16H,5-13H2,1-4H3. The Hall–Kier alpha value is -0.0800. The van der Waals surface area contributed by atoms with Crippen LogP contribution in [0.25, 0.3) is 0 Å². The second-order valence-electron chi connectivity index (χ2n) is 6.20. The molecule has 1 aliphatic rings. The molecule has 0 radical (unpaired) electrons. The average molecular weight is 240 g/mol. The fourth-order valence-electron chi connectivity index (χ4n) is 2.86. The Kier molecular flexibility index (Phi) is 6.50. The molecule has 1 saturated heterocycles. The topological polar surface area (TPSA) is 15.3 Å². The molecule has 0 amide bonds. The summed E-state index contributed by atoms with van der Waals surface area (Å²) in [6, 6.07) is 0.717. The predicted octanol–water partition coefficient (Wildman–Crippen LogP) is 3.42. The van der Waals surface area contributed by atoms with Crippen molar-refractivity contribution in [2.45, 2.75) is 77.3 Å². The number of hydrogen-bond donors (Lipinski definition) is 1. The zero-order chi connectivity index (χ0) is 12.7. The van der Waals surface area contributed by atoms with E-state index in [0.717, 1.165) is 6.04 Å². The molecule has 0 bridgehead atoms. The molecule has 1 fully saturated rings. The van der Waals surface area contributed by atoms with Crippen LogP contribution in [0.15, 0.2) is 0 Å². The Labute approximate surface area is 108 Å². The van der Waals surface area contributed by atoms with Crippen LogP contribution in [0.4, 0.5) is 0 Å². The highest BCUT2D eigenvalue weighted by molar-refractivity contribution is 4.90. The van der Waals surface area contributed by atoms with Crippen molar-refractivity contribution in [2.75, 3.05) is 20.1 Å². The molecule has 0 aromatic heterocycles. The van der Waals surface area contributed by atoms with Crippen molar-refractivity contribution < 1.29 is 0 Å². The summed E-state index contributed by atoms with van der Waals surface area (Å²) in [7, 11) is 2.09. The summed E-state index contributed by atoms with van der Waals surface area (Å²) < 4.78 is 0. The van der Waals surface area contributed by atoms with Crippen molar-refractivity contribution in [3.63, 3.8) is 0 Å². The quantitative estimate of drug-likeness (QED) is 0.654. The fraction of sp³-hybridized carbons (Fsp3) is 1.00. The van der Waals surface area contributed by atoms with Gasteiger partial charge in [0.05, 0.1) is 0 Å². The maximum atomic E-state index is 3.41. The summed E-state index contributed by atoms with van der Waals surface area (Å²) >= 11 is 0. The van der Waals surface area contributed by atoms with Crippen LogP contribution >= 0.6 is 0 Å². The van der Waals surface area contributed by atoms with Gasteiger partial charge in [0.15, 0.2) is 0 Å². The molecule has 0 aromatic carbocycles. The van der Waals surface area contributed by atoms with E-state index in [-0.39, 0.29) is 0 Å². The van der Waals surface area contributed by atoms with E-state index < -0.39 is 0 Å². The first kappa shape index (κ1) is 15.0. The van der Waals surface area contributed by atoms with Gasteiger partial charge in [-0.05, 0) is 33.7 Å².